The maximum Gasteiger partial charge on any atom is 0.420 e. The van der Waals surface area contributed by atoms with Crippen molar-refractivity contribution in [2.24, 2.45) is 0 Å². The number of carbonyl (C=O) groups is 1. The second-order valence-corrected chi connectivity index (χ2v) is 4.65. The van der Waals surface area contributed by atoms with Crippen LogP contribution in [-0.2, 0) is 6.54 Å². The standard InChI is InChI=1S/C15H12N2O4/c16-11-5-2-6-12-13(11)17(15(20)21-12)8-9-3-1-4-10(7-9)14(18)19/h1-7H,8,16H2,(H,18,19). The Morgan fingerprint density at radius 2 is 2.00 bits per heavy atom. The molecule has 106 valence electrons. The number of anilines is 1. The van der Waals surface area contributed by atoms with Crippen LogP contribution < -0.4 is 11.5 Å². The summed E-state index contributed by atoms with van der Waals surface area (Å²) in [5.41, 5.74) is 8.11. The summed E-state index contributed by atoms with van der Waals surface area (Å²) in [4.78, 5) is 22.9. The van der Waals surface area contributed by atoms with Crippen molar-refractivity contribution in [3.05, 3.63) is 64.1 Å². The zero-order chi connectivity index (χ0) is 15.0. The van der Waals surface area contributed by atoms with Crippen LogP contribution in [0.1, 0.15) is 15.9 Å². The average Bonchev–Trinajstić information content (AvgIpc) is 2.77. The Morgan fingerprint density at radius 1 is 1.24 bits per heavy atom. The Balaban J connectivity index is 2.10. The van der Waals surface area contributed by atoms with Crippen LogP contribution in [0.2, 0.25) is 0 Å². The van der Waals surface area contributed by atoms with Crippen LogP contribution >= 0.6 is 0 Å². The van der Waals surface area contributed by atoms with Crippen molar-refractivity contribution in [1.29, 1.82) is 0 Å². The second-order valence-electron chi connectivity index (χ2n) is 4.65. The van der Waals surface area contributed by atoms with Crippen molar-refractivity contribution >= 4 is 22.8 Å². The number of nitrogen functional groups attached to an aromatic ring is 1. The maximum absolute atomic E-state index is 11.9. The van der Waals surface area contributed by atoms with Gasteiger partial charge in [0.1, 0.15) is 5.52 Å². The summed E-state index contributed by atoms with van der Waals surface area (Å²) in [6.07, 6.45) is 0. The summed E-state index contributed by atoms with van der Waals surface area (Å²) in [6, 6.07) is 11.4. The smallest absolute Gasteiger partial charge is 0.420 e. The highest BCUT2D eigenvalue weighted by Crippen LogP contribution is 2.20. The van der Waals surface area contributed by atoms with Gasteiger partial charge in [0.25, 0.3) is 0 Å². The highest BCUT2D eigenvalue weighted by molar-refractivity contribution is 5.88. The molecular weight excluding hydrogens is 272 g/mol. The molecule has 6 nitrogen and oxygen atoms in total. The van der Waals surface area contributed by atoms with E-state index in [1.54, 1.807) is 30.3 Å². The molecule has 0 radical (unpaired) electrons. The summed E-state index contributed by atoms with van der Waals surface area (Å²) in [7, 11) is 0. The number of aromatic nitrogens is 1. The molecule has 0 bridgehead atoms. The molecule has 0 aliphatic carbocycles. The van der Waals surface area contributed by atoms with E-state index in [1.807, 2.05) is 0 Å². The van der Waals surface area contributed by atoms with Crippen molar-refractivity contribution in [1.82, 2.24) is 4.57 Å². The van der Waals surface area contributed by atoms with Gasteiger partial charge in [-0.05, 0) is 29.8 Å². The lowest BCUT2D eigenvalue weighted by Gasteiger charge is -2.05. The lowest BCUT2D eigenvalue weighted by molar-refractivity contribution is 0.0696. The van der Waals surface area contributed by atoms with Gasteiger partial charge in [0.05, 0.1) is 17.8 Å². The number of hydrogen-bond donors (Lipinski definition) is 2. The van der Waals surface area contributed by atoms with Crippen LogP contribution in [0.15, 0.2) is 51.7 Å². The third-order valence-electron chi connectivity index (χ3n) is 3.23. The van der Waals surface area contributed by atoms with E-state index in [0.29, 0.717) is 22.4 Å². The fourth-order valence-corrected chi connectivity index (χ4v) is 2.28. The zero-order valence-electron chi connectivity index (χ0n) is 10.9. The molecule has 6 heteroatoms. The fraction of sp³-hybridized carbons (Fsp3) is 0.0667. The minimum atomic E-state index is -1.01. The number of aromatic carboxylic acids is 1. The molecule has 1 heterocycles. The van der Waals surface area contributed by atoms with Gasteiger partial charge in [-0.3, -0.25) is 4.57 Å². The Hall–Kier alpha value is -3.02. The van der Waals surface area contributed by atoms with Gasteiger partial charge in [-0.15, -0.1) is 0 Å². The molecule has 1 aromatic heterocycles. The fourth-order valence-electron chi connectivity index (χ4n) is 2.28. The number of para-hydroxylation sites is 1. The lowest BCUT2D eigenvalue weighted by atomic mass is 10.1. The predicted molar refractivity (Wildman–Crippen MR) is 77.4 cm³/mol. The predicted octanol–water partition coefficient (Wildman–Crippen LogP) is 1.92. The number of benzene rings is 2. The van der Waals surface area contributed by atoms with Crippen LogP contribution in [0.3, 0.4) is 0 Å². The zero-order valence-corrected chi connectivity index (χ0v) is 10.9. The quantitative estimate of drug-likeness (QED) is 0.716. The number of hydrogen-bond acceptors (Lipinski definition) is 4. The van der Waals surface area contributed by atoms with E-state index in [1.165, 1.54) is 16.7 Å². The number of fused-ring (bicyclic) bond motifs is 1. The molecule has 3 aromatic rings. The molecule has 0 aliphatic heterocycles. The van der Waals surface area contributed by atoms with Gasteiger partial charge in [-0.2, -0.15) is 0 Å². The summed E-state index contributed by atoms with van der Waals surface area (Å²) >= 11 is 0. The van der Waals surface area contributed by atoms with Crippen LogP contribution in [-0.4, -0.2) is 15.6 Å². The number of nitrogens with two attached hydrogens (primary N) is 1. The topological polar surface area (TPSA) is 98.5 Å². The van der Waals surface area contributed by atoms with E-state index in [2.05, 4.69) is 0 Å². The lowest BCUT2D eigenvalue weighted by Crippen LogP contribution is -2.15. The van der Waals surface area contributed by atoms with Crippen molar-refractivity contribution in [2.75, 3.05) is 5.73 Å². The SMILES string of the molecule is Nc1cccc2oc(=O)n(Cc3cccc(C(=O)O)c3)c12. The van der Waals surface area contributed by atoms with Crippen molar-refractivity contribution in [2.45, 2.75) is 6.54 Å². The van der Waals surface area contributed by atoms with Gasteiger partial charge in [-0.25, -0.2) is 9.59 Å². The second kappa shape index (κ2) is 4.82. The van der Waals surface area contributed by atoms with Gasteiger partial charge in [0.2, 0.25) is 0 Å². The Bertz CT molecular complexity index is 892. The van der Waals surface area contributed by atoms with Crippen molar-refractivity contribution < 1.29 is 14.3 Å². The van der Waals surface area contributed by atoms with E-state index >= 15 is 0 Å². The van der Waals surface area contributed by atoms with E-state index in [9.17, 15) is 9.59 Å². The number of carboxylic acid groups (broad SMARTS) is 1. The highest BCUT2D eigenvalue weighted by atomic mass is 16.4. The first-order valence-corrected chi connectivity index (χ1v) is 6.26. The summed E-state index contributed by atoms with van der Waals surface area (Å²) in [5, 5.41) is 9.00. The molecule has 0 spiro atoms. The first kappa shape index (κ1) is 13.0. The maximum atomic E-state index is 11.9. The number of carboxylic acids is 1. The van der Waals surface area contributed by atoms with Gasteiger partial charge >= 0.3 is 11.7 Å². The molecule has 3 rings (SSSR count). The van der Waals surface area contributed by atoms with Crippen molar-refractivity contribution in [3.63, 3.8) is 0 Å². The van der Waals surface area contributed by atoms with Gasteiger partial charge in [0.15, 0.2) is 5.58 Å². The molecule has 0 amide bonds. The number of nitrogens with zero attached hydrogens (tertiary/aromatic N) is 1. The van der Waals surface area contributed by atoms with Gasteiger partial charge < -0.3 is 15.3 Å². The number of oxazole rings is 1. The molecule has 0 aliphatic rings. The van der Waals surface area contributed by atoms with Crippen LogP contribution in [0.4, 0.5) is 5.69 Å². The molecule has 21 heavy (non-hydrogen) atoms. The van der Waals surface area contributed by atoms with E-state index in [0.717, 1.165) is 0 Å². The minimum absolute atomic E-state index is 0.168. The van der Waals surface area contributed by atoms with Crippen LogP contribution in [0.25, 0.3) is 11.1 Å². The molecule has 3 N–H and O–H groups in total. The molecule has 0 saturated heterocycles. The van der Waals surface area contributed by atoms with E-state index in [4.69, 9.17) is 15.3 Å². The van der Waals surface area contributed by atoms with Gasteiger partial charge in [0, 0.05) is 0 Å². The monoisotopic (exact) mass is 284 g/mol. The van der Waals surface area contributed by atoms with Crippen molar-refractivity contribution in [3.8, 4) is 0 Å². The minimum Gasteiger partial charge on any atom is -0.478 e. The summed E-state index contributed by atoms with van der Waals surface area (Å²) < 4.78 is 6.54. The molecule has 2 aromatic carbocycles. The summed E-state index contributed by atoms with van der Waals surface area (Å²) in [6.45, 7) is 0.196. The third-order valence-corrected chi connectivity index (χ3v) is 3.23. The Morgan fingerprint density at radius 3 is 2.76 bits per heavy atom. The first-order valence-electron chi connectivity index (χ1n) is 6.26. The summed E-state index contributed by atoms with van der Waals surface area (Å²) in [5.74, 6) is -1.54. The largest absolute Gasteiger partial charge is 0.478 e. The molecule has 0 atom stereocenters. The molecule has 0 saturated carbocycles. The molecular formula is C15H12N2O4. The van der Waals surface area contributed by atoms with E-state index < -0.39 is 11.7 Å². The normalized spacial score (nSPS) is 10.9. The Kier molecular flexibility index (Phi) is 2.98. The number of rotatable bonds is 3. The third kappa shape index (κ3) is 2.27. The van der Waals surface area contributed by atoms with E-state index in [-0.39, 0.29) is 12.1 Å². The van der Waals surface area contributed by atoms with Gasteiger partial charge in [-0.1, -0.05) is 18.2 Å². The highest BCUT2D eigenvalue weighted by Gasteiger charge is 2.12. The van der Waals surface area contributed by atoms with Crippen LogP contribution in [0, 0.1) is 0 Å². The van der Waals surface area contributed by atoms with Crippen LogP contribution in [0.5, 0.6) is 0 Å². The molecule has 0 fully saturated rings. The first-order chi connectivity index (χ1) is 10.1. The Labute approximate surface area is 119 Å². The average molecular weight is 284 g/mol. The molecule has 0 unspecified atom stereocenters.